The second-order valence-electron chi connectivity index (χ2n) is 6.17. The Labute approximate surface area is 146 Å². The van der Waals surface area contributed by atoms with E-state index in [0.717, 1.165) is 31.5 Å². The van der Waals surface area contributed by atoms with Gasteiger partial charge < -0.3 is 10.2 Å². The van der Waals surface area contributed by atoms with E-state index >= 15 is 0 Å². The van der Waals surface area contributed by atoms with Crippen molar-refractivity contribution in [1.82, 2.24) is 25.2 Å². The molecule has 0 bridgehead atoms. The molecule has 1 aliphatic heterocycles. The van der Waals surface area contributed by atoms with E-state index in [1.165, 1.54) is 6.33 Å². The van der Waals surface area contributed by atoms with E-state index in [1.807, 2.05) is 4.90 Å². The van der Waals surface area contributed by atoms with E-state index in [-0.39, 0.29) is 11.8 Å². The number of carbonyl (C=O) groups excluding carboxylic acids is 2. The molecule has 1 unspecified atom stereocenters. The molecule has 2 aromatic rings. The van der Waals surface area contributed by atoms with Crippen LogP contribution in [0.25, 0.3) is 0 Å². The quantitative estimate of drug-likeness (QED) is 0.908. The monoisotopic (exact) mass is 339 g/mol. The van der Waals surface area contributed by atoms with E-state index in [9.17, 15) is 9.59 Å². The van der Waals surface area contributed by atoms with Crippen LogP contribution in [-0.4, -0.2) is 51.8 Å². The molecule has 3 heterocycles. The minimum Gasteiger partial charge on any atom is -0.354 e. The van der Waals surface area contributed by atoms with Crippen molar-refractivity contribution in [3.63, 3.8) is 0 Å². The molecule has 130 valence electrons. The van der Waals surface area contributed by atoms with Crippen LogP contribution in [0.15, 0.2) is 36.9 Å². The number of aromatic nitrogens is 3. The minimum absolute atomic E-state index is 0.0424. The number of hydrogen-bond donors (Lipinski definition) is 1. The predicted molar refractivity (Wildman–Crippen MR) is 92.0 cm³/mol. The molecule has 1 atom stereocenters. The van der Waals surface area contributed by atoms with Gasteiger partial charge in [0.05, 0.1) is 0 Å². The summed E-state index contributed by atoms with van der Waals surface area (Å²) in [5, 5.41) is 2.57. The molecule has 7 nitrogen and oxygen atoms in total. The van der Waals surface area contributed by atoms with E-state index < -0.39 is 0 Å². The van der Waals surface area contributed by atoms with Crippen LogP contribution in [0.5, 0.6) is 0 Å². The van der Waals surface area contributed by atoms with Gasteiger partial charge in [-0.15, -0.1) is 0 Å². The number of amides is 2. The first kappa shape index (κ1) is 17.0. The first-order chi connectivity index (χ1) is 12.2. The standard InChI is InChI=1S/C18H21N5O2/c1-19-17(24)16-10-15(21-12-22-16)9-13-3-2-8-23(11-13)18(25)14-4-6-20-7-5-14/h4-7,10,12-13H,2-3,8-9,11H2,1H3,(H,19,24). The highest BCUT2D eigenvalue weighted by molar-refractivity contribution is 5.94. The Balaban J connectivity index is 1.66. The fourth-order valence-corrected chi connectivity index (χ4v) is 3.15. The SMILES string of the molecule is CNC(=O)c1cc(CC2CCCN(C(=O)c3ccncc3)C2)ncn1. The van der Waals surface area contributed by atoms with Crippen molar-refractivity contribution in [2.24, 2.45) is 5.92 Å². The Morgan fingerprint density at radius 3 is 2.84 bits per heavy atom. The van der Waals surface area contributed by atoms with Gasteiger partial charge in [0.25, 0.3) is 11.8 Å². The van der Waals surface area contributed by atoms with Crippen LogP contribution in [0.2, 0.25) is 0 Å². The molecule has 0 radical (unpaired) electrons. The van der Waals surface area contributed by atoms with Gasteiger partial charge >= 0.3 is 0 Å². The van der Waals surface area contributed by atoms with Gasteiger partial charge in [0.2, 0.25) is 0 Å². The van der Waals surface area contributed by atoms with Crippen molar-refractivity contribution < 1.29 is 9.59 Å². The number of carbonyl (C=O) groups is 2. The van der Waals surface area contributed by atoms with Crippen molar-refractivity contribution in [2.45, 2.75) is 19.3 Å². The summed E-state index contributed by atoms with van der Waals surface area (Å²) in [6.07, 6.45) is 7.43. The minimum atomic E-state index is -0.221. The third-order valence-corrected chi connectivity index (χ3v) is 4.41. The Kier molecular flexibility index (Phi) is 5.33. The van der Waals surface area contributed by atoms with Gasteiger partial charge in [-0.25, -0.2) is 9.97 Å². The van der Waals surface area contributed by atoms with Gasteiger partial charge in [-0.3, -0.25) is 14.6 Å². The molecular weight excluding hydrogens is 318 g/mol. The number of nitrogens with one attached hydrogen (secondary N) is 1. The van der Waals surface area contributed by atoms with Crippen molar-refractivity contribution in [3.05, 3.63) is 53.9 Å². The third kappa shape index (κ3) is 4.17. The van der Waals surface area contributed by atoms with Gasteiger partial charge in [0.15, 0.2) is 0 Å². The summed E-state index contributed by atoms with van der Waals surface area (Å²) in [5.74, 6) is 0.148. The van der Waals surface area contributed by atoms with Crippen molar-refractivity contribution in [2.75, 3.05) is 20.1 Å². The highest BCUT2D eigenvalue weighted by Gasteiger charge is 2.25. The average Bonchev–Trinajstić information content (AvgIpc) is 2.68. The maximum atomic E-state index is 12.6. The van der Waals surface area contributed by atoms with Gasteiger partial charge in [0.1, 0.15) is 12.0 Å². The zero-order valence-corrected chi connectivity index (χ0v) is 14.2. The van der Waals surface area contributed by atoms with Gasteiger partial charge in [0, 0.05) is 43.8 Å². The lowest BCUT2D eigenvalue weighted by molar-refractivity contribution is 0.0672. The lowest BCUT2D eigenvalue weighted by atomic mass is 9.92. The van der Waals surface area contributed by atoms with Gasteiger partial charge in [-0.2, -0.15) is 0 Å². The summed E-state index contributed by atoms with van der Waals surface area (Å²) >= 11 is 0. The van der Waals surface area contributed by atoms with Crippen LogP contribution in [0, 0.1) is 5.92 Å². The molecule has 1 N–H and O–H groups in total. The Bertz CT molecular complexity index is 750. The zero-order valence-electron chi connectivity index (χ0n) is 14.2. The van der Waals surface area contributed by atoms with Crippen molar-refractivity contribution >= 4 is 11.8 Å². The molecule has 2 amide bonds. The van der Waals surface area contributed by atoms with Crippen LogP contribution >= 0.6 is 0 Å². The smallest absolute Gasteiger partial charge is 0.269 e. The van der Waals surface area contributed by atoms with E-state index in [0.29, 0.717) is 23.7 Å². The maximum absolute atomic E-state index is 12.6. The number of rotatable bonds is 4. The zero-order chi connectivity index (χ0) is 17.6. The maximum Gasteiger partial charge on any atom is 0.269 e. The largest absolute Gasteiger partial charge is 0.354 e. The van der Waals surface area contributed by atoms with E-state index in [2.05, 4.69) is 20.3 Å². The third-order valence-electron chi connectivity index (χ3n) is 4.41. The van der Waals surface area contributed by atoms with Crippen molar-refractivity contribution in [1.29, 1.82) is 0 Å². The lowest BCUT2D eigenvalue weighted by Gasteiger charge is -2.32. The molecular formula is C18H21N5O2. The topological polar surface area (TPSA) is 88.1 Å². The normalized spacial score (nSPS) is 17.2. The van der Waals surface area contributed by atoms with Gasteiger partial charge in [-0.1, -0.05) is 0 Å². The second kappa shape index (κ2) is 7.83. The highest BCUT2D eigenvalue weighted by Crippen LogP contribution is 2.21. The molecule has 2 aromatic heterocycles. The van der Waals surface area contributed by atoms with Crippen LogP contribution in [0.1, 0.15) is 39.4 Å². The molecule has 7 heteroatoms. The molecule has 25 heavy (non-hydrogen) atoms. The Morgan fingerprint density at radius 2 is 2.08 bits per heavy atom. The van der Waals surface area contributed by atoms with Crippen LogP contribution in [0.3, 0.4) is 0 Å². The number of piperidine rings is 1. The first-order valence-electron chi connectivity index (χ1n) is 8.39. The summed E-state index contributed by atoms with van der Waals surface area (Å²) in [7, 11) is 1.58. The number of hydrogen-bond acceptors (Lipinski definition) is 5. The van der Waals surface area contributed by atoms with Gasteiger partial charge in [-0.05, 0) is 43.4 Å². The highest BCUT2D eigenvalue weighted by atomic mass is 16.2. The first-order valence-corrected chi connectivity index (χ1v) is 8.39. The van der Waals surface area contributed by atoms with Crippen molar-refractivity contribution in [3.8, 4) is 0 Å². The average molecular weight is 339 g/mol. The molecule has 0 aliphatic carbocycles. The summed E-state index contributed by atoms with van der Waals surface area (Å²) in [6.45, 7) is 1.46. The molecule has 0 spiro atoms. The predicted octanol–water partition coefficient (Wildman–Crippen LogP) is 1.33. The summed E-state index contributed by atoms with van der Waals surface area (Å²) in [4.78, 5) is 38.4. The van der Waals surface area contributed by atoms with Crippen LogP contribution in [-0.2, 0) is 6.42 Å². The second-order valence-corrected chi connectivity index (χ2v) is 6.17. The molecule has 0 saturated carbocycles. The summed E-state index contributed by atoms with van der Waals surface area (Å²) in [5.41, 5.74) is 1.87. The number of likely N-dealkylation sites (tertiary alicyclic amines) is 1. The molecule has 1 aliphatic rings. The van der Waals surface area contributed by atoms with Crippen LogP contribution in [0.4, 0.5) is 0 Å². The Hall–Kier alpha value is -2.83. The molecule has 0 aromatic carbocycles. The van der Waals surface area contributed by atoms with E-state index in [4.69, 9.17) is 0 Å². The van der Waals surface area contributed by atoms with Crippen LogP contribution < -0.4 is 5.32 Å². The summed E-state index contributed by atoms with van der Waals surface area (Å²) < 4.78 is 0. The fourth-order valence-electron chi connectivity index (χ4n) is 3.15. The Morgan fingerprint density at radius 1 is 1.28 bits per heavy atom. The molecule has 3 rings (SSSR count). The fraction of sp³-hybridized carbons (Fsp3) is 0.389. The molecule has 1 saturated heterocycles. The molecule has 1 fully saturated rings. The lowest BCUT2D eigenvalue weighted by Crippen LogP contribution is -2.40. The number of pyridine rings is 1. The summed E-state index contributed by atoms with van der Waals surface area (Å²) in [6, 6.07) is 5.21. The number of nitrogens with zero attached hydrogens (tertiary/aromatic N) is 4. The van der Waals surface area contributed by atoms with E-state index in [1.54, 1.807) is 37.6 Å².